The van der Waals surface area contributed by atoms with Crippen LogP contribution in [0.1, 0.15) is 30.9 Å². The zero-order valence-electron chi connectivity index (χ0n) is 11.8. The van der Waals surface area contributed by atoms with E-state index in [1.165, 1.54) is 0 Å². The van der Waals surface area contributed by atoms with Crippen LogP contribution in [0.25, 0.3) is 5.52 Å². The van der Waals surface area contributed by atoms with Gasteiger partial charge in [-0.05, 0) is 31.9 Å². The van der Waals surface area contributed by atoms with Crippen molar-refractivity contribution in [1.29, 1.82) is 5.26 Å². The van der Waals surface area contributed by atoms with E-state index < -0.39 is 0 Å². The number of nitriles is 1. The van der Waals surface area contributed by atoms with Gasteiger partial charge in [0.2, 0.25) is 0 Å². The van der Waals surface area contributed by atoms with E-state index in [0.29, 0.717) is 12.1 Å². The minimum absolute atomic E-state index is 0.324. The average Bonchev–Trinajstić information content (AvgIpc) is 2.79. The van der Waals surface area contributed by atoms with Gasteiger partial charge in [-0.25, -0.2) is 0 Å². The number of nitrogens with two attached hydrogens (primary N) is 1. The van der Waals surface area contributed by atoms with Crippen LogP contribution in [0.3, 0.4) is 0 Å². The maximum atomic E-state index is 9.44. The molecule has 3 rings (SSSR count). The Morgan fingerprint density at radius 1 is 1.45 bits per heavy atom. The highest BCUT2D eigenvalue weighted by Gasteiger charge is 2.24. The Labute approximate surface area is 119 Å². The first kappa shape index (κ1) is 13.2. The second-order valence-electron chi connectivity index (χ2n) is 5.74. The maximum Gasteiger partial charge on any atom is 0.102 e. The van der Waals surface area contributed by atoms with Gasteiger partial charge in [0.05, 0.1) is 11.1 Å². The smallest absolute Gasteiger partial charge is 0.102 e. The number of aromatic nitrogens is 1. The van der Waals surface area contributed by atoms with Crippen molar-refractivity contribution in [2.24, 2.45) is 5.73 Å². The first-order valence-electron chi connectivity index (χ1n) is 7.17. The molecule has 104 valence electrons. The lowest BCUT2D eigenvalue weighted by atomic mass is 9.98. The largest absolute Gasteiger partial charge is 0.328 e. The van der Waals surface area contributed by atoms with Crippen molar-refractivity contribution in [3.05, 3.63) is 41.7 Å². The van der Waals surface area contributed by atoms with E-state index >= 15 is 0 Å². The van der Waals surface area contributed by atoms with Crippen molar-refractivity contribution in [2.45, 2.75) is 38.4 Å². The fraction of sp³-hybridized carbons (Fsp3) is 0.438. The molecule has 0 radical (unpaired) electrons. The molecule has 1 aliphatic heterocycles. The van der Waals surface area contributed by atoms with Crippen LogP contribution in [0.15, 0.2) is 30.6 Å². The van der Waals surface area contributed by atoms with Crippen molar-refractivity contribution >= 4 is 5.52 Å². The van der Waals surface area contributed by atoms with E-state index in [1.54, 1.807) is 0 Å². The van der Waals surface area contributed by atoms with Crippen LogP contribution in [0.5, 0.6) is 0 Å². The van der Waals surface area contributed by atoms with Crippen LogP contribution in [0.4, 0.5) is 0 Å². The Morgan fingerprint density at radius 2 is 2.30 bits per heavy atom. The van der Waals surface area contributed by atoms with E-state index in [9.17, 15) is 5.26 Å². The summed E-state index contributed by atoms with van der Waals surface area (Å²) < 4.78 is 2.04. The van der Waals surface area contributed by atoms with E-state index in [0.717, 1.165) is 42.6 Å². The first-order chi connectivity index (χ1) is 9.69. The fourth-order valence-corrected chi connectivity index (χ4v) is 3.14. The summed E-state index contributed by atoms with van der Waals surface area (Å²) in [7, 11) is 0. The van der Waals surface area contributed by atoms with Gasteiger partial charge in [0.1, 0.15) is 6.07 Å². The molecule has 2 aromatic heterocycles. The summed E-state index contributed by atoms with van der Waals surface area (Å²) >= 11 is 0. The summed E-state index contributed by atoms with van der Waals surface area (Å²) in [5.74, 6) is 0. The SMILES string of the molecule is CC1CC(N)CCN1Cc1cn2ccccc2c1C#N. The Morgan fingerprint density at radius 3 is 3.05 bits per heavy atom. The van der Waals surface area contributed by atoms with Crippen molar-refractivity contribution in [1.82, 2.24) is 9.30 Å². The number of pyridine rings is 1. The molecule has 20 heavy (non-hydrogen) atoms. The van der Waals surface area contributed by atoms with Crippen LogP contribution >= 0.6 is 0 Å². The molecule has 2 N–H and O–H groups in total. The predicted molar refractivity (Wildman–Crippen MR) is 79.2 cm³/mol. The molecule has 2 unspecified atom stereocenters. The van der Waals surface area contributed by atoms with Crippen molar-refractivity contribution in [3.63, 3.8) is 0 Å². The Balaban J connectivity index is 1.89. The van der Waals surface area contributed by atoms with E-state index in [2.05, 4.69) is 24.1 Å². The van der Waals surface area contributed by atoms with Crippen LogP contribution in [0.2, 0.25) is 0 Å². The molecule has 3 heterocycles. The molecule has 1 aliphatic rings. The highest BCUT2D eigenvalue weighted by molar-refractivity contribution is 5.65. The lowest BCUT2D eigenvalue weighted by molar-refractivity contribution is 0.140. The third-order valence-electron chi connectivity index (χ3n) is 4.30. The predicted octanol–water partition coefficient (Wildman–Crippen LogP) is 2.12. The molecule has 0 spiro atoms. The summed E-state index contributed by atoms with van der Waals surface area (Å²) in [5.41, 5.74) is 8.92. The van der Waals surface area contributed by atoms with Crippen LogP contribution < -0.4 is 5.73 Å². The Bertz CT molecular complexity index is 652. The van der Waals surface area contributed by atoms with Crippen LogP contribution in [0, 0.1) is 11.3 Å². The zero-order valence-corrected chi connectivity index (χ0v) is 11.8. The molecule has 0 bridgehead atoms. The summed E-state index contributed by atoms with van der Waals surface area (Å²) in [6, 6.07) is 9.12. The standard InChI is InChI=1S/C16H20N4/c1-12-8-14(18)5-7-19(12)10-13-11-20-6-3-2-4-16(20)15(13)9-17/h2-4,6,11-12,14H,5,7-8,10,18H2,1H3. The fourth-order valence-electron chi connectivity index (χ4n) is 3.14. The minimum atomic E-state index is 0.324. The Kier molecular flexibility index (Phi) is 3.47. The molecule has 1 saturated heterocycles. The second kappa shape index (κ2) is 5.28. The highest BCUT2D eigenvalue weighted by atomic mass is 15.2. The van der Waals surface area contributed by atoms with E-state index in [4.69, 9.17) is 5.73 Å². The van der Waals surface area contributed by atoms with Crippen LogP contribution in [-0.4, -0.2) is 27.9 Å². The number of rotatable bonds is 2. The Hall–Kier alpha value is -1.83. The summed E-state index contributed by atoms with van der Waals surface area (Å²) in [5, 5.41) is 9.44. The van der Waals surface area contributed by atoms with Gasteiger partial charge in [-0.1, -0.05) is 6.07 Å². The molecule has 0 aromatic carbocycles. The van der Waals surface area contributed by atoms with Gasteiger partial charge in [0, 0.05) is 43.1 Å². The van der Waals surface area contributed by atoms with Crippen molar-refractivity contribution < 1.29 is 0 Å². The summed E-state index contributed by atoms with van der Waals surface area (Å²) in [6.45, 7) is 4.07. The number of hydrogen-bond donors (Lipinski definition) is 1. The van der Waals surface area contributed by atoms with Crippen LogP contribution in [-0.2, 0) is 6.54 Å². The van der Waals surface area contributed by atoms with Gasteiger partial charge in [0.25, 0.3) is 0 Å². The normalized spacial score (nSPS) is 23.9. The number of hydrogen-bond acceptors (Lipinski definition) is 3. The van der Waals surface area contributed by atoms with Crippen molar-refractivity contribution in [2.75, 3.05) is 6.54 Å². The second-order valence-corrected chi connectivity index (χ2v) is 5.74. The van der Waals surface area contributed by atoms with Gasteiger partial charge < -0.3 is 10.1 Å². The molecule has 4 nitrogen and oxygen atoms in total. The number of piperidine rings is 1. The quantitative estimate of drug-likeness (QED) is 0.907. The molecular weight excluding hydrogens is 248 g/mol. The topological polar surface area (TPSA) is 57.5 Å². The number of fused-ring (bicyclic) bond motifs is 1. The molecule has 2 atom stereocenters. The maximum absolute atomic E-state index is 9.44. The summed E-state index contributed by atoms with van der Waals surface area (Å²) in [6.07, 6.45) is 6.15. The van der Waals surface area contributed by atoms with Gasteiger partial charge in [-0.3, -0.25) is 4.90 Å². The molecule has 0 saturated carbocycles. The van der Waals surface area contributed by atoms with E-state index in [1.807, 2.05) is 28.8 Å². The van der Waals surface area contributed by atoms with Crippen molar-refractivity contribution in [3.8, 4) is 6.07 Å². The van der Waals surface area contributed by atoms with Gasteiger partial charge in [-0.2, -0.15) is 5.26 Å². The molecule has 4 heteroatoms. The molecular formula is C16H20N4. The van der Waals surface area contributed by atoms with Gasteiger partial charge >= 0.3 is 0 Å². The molecule has 0 aliphatic carbocycles. The van der Waals surface area contributed by atoms with Gasteiger partial charge in [0.15, 0.2) is 0 Å². The van der Waals surface area contributed by atoms with Gasteiger partial charge in [-0.15, -0.1) is 0 Å². The molecule has 1 fully saturated rings. The average molecular weight is 268 g/mol. The minimum Gasteiger partial charge on any atom is -0.328 e. The molecule has 0 amide bonds. The molecule has 2 aromatic rings. The zero-order chi connectivity index (χ0) is 14.1. The monoisotopic (exact) mass is 268 g/mol. The first-order valence-corrected chi connectivity index (χ1v) is 7.17. The number of likely N-dealkylation sites (tertiary alicyclic amines) is 1. The third-order valence-corrected chi connectivity index (χ3v) is 4.30. The lowest BCUT2D eigenvalue weighted by Crippen LogP contribution is -2.45. The third kappa shape index (κ3) is 2.31. The lowest BCUT2D eigenvalue weighted by Gasteiger charge is -2.36. The highest BCUT2D eigenvalue weighted by Crippen LogP contribution is 2.23. The number of nitrogens with zero attached hydrogens (tertiary/aromatic N) is 3. The summed E-state index contributed by atoms with van der Waals surface area (Å²) in [4.78, 5) is 2.43. The van der Waals surface area contributed by atoms with E-state index in [-0.39, 0.29) is 0 Å².